The second-order valence-corrected chi connectivity index (χ2v) is 2.08. The molecule has 0 amide bonds. The maximum Gasteiger partial charge on any atom is 0.265 e. The Morgan fingerprint density at radius 1 is 2.00 bits per heavy atom. The topological polar surface area (TPSA) is 69.6 Å². The predicted molar refractivity (Wildman–Crippen MR) is 21.5 cm³/mol. The van der Waals surface area contributed by atoms with Crippen LogP contribution in [0.4, 0.5) is 0 Å². The maximum absolute atomic E-state index is 9.59. The summed E-state index contributed by atoms with van der Waals surface area (Å²) in [5.74, 6) is 0. The number of rotatable bonds is 2. The Morgan fingerprint density at radius 2 is 2.43 bits per heavy atom. The predicted octanol–water partition coefficient (Wildman–Crippen LogP) is -0.516. The first kappa shape index (κ1) is 7.11. The molecule has 0 fully saturated rings. The molecular formula is C2H6O4P-. The summed E-state index contributed by atoms with van der Waals surface area (Å²) in [6, 6.07) is 0. The van der Waals surface area contributed by atoms with Crippen LogP contribution < -0.4 is 4.89 Å². The van der Waals surface area contributed by atoms with Gasteiger partial charge in [-0.25, -0.2) is 0 Å². The average Bonchev–Trinajstić information content (AvgIpc) is 1.30. The smallest absolute Gasteiger partial charge is 0.265 e. The molecule has 1 N–H and O–H groups in total. The fraction of sp³-hybridized carbons (Fsp3) is 1.00. The lowest BCUT2D eigenvalue weighted by molar-refractivity contribution is -0.219. The van der Waals surface area contributed by atoms with Gasteiger partial charge in [0.25, 0.3) is 7.82 Å². The largest absolute Gasteiger partial charge is 0.756 e. The molecule has 1 atom stereocenters. The molecule has 5 heteroatoms. The van der Waals surface area contributed by atoms with Crippen molar-refractivity contribution in [1.82, 2.24) is 0 Å². The zero-order valence-electron chi connectivity index (χ0n) is 3.83. The van der Waals surface area contributed by atoms with Gasteiger partial charge in [0.2, 0.25) is 0 Å². The SMILES string of the molecule is CCOP(=O)([O-])O. The van der Waals surface area contributed by atoms with Crippen LogP contribution in [-0.2, 0) is 9.09 Å². The molecule has 1 unspecified atom stereocenters. The van der Waals surface area contributed by atoms with Gasteiger partial charge in [-0.05, 0) is 6.92 Å². The van der Waals surface area contributed by atoms with Crippen LogP contribution in [-0.4, -0.2) is 11.5 Å². The van der Waals surface area contributed by atoms with Crippen LogP contribution >= 0.6 is 7.82 Å². The average molecular weight is 125 g/mol. The van der Waals surface area contributed by atoms with E-state index in [9.17, 15) is 9.46 Å². The lowest BCUT2D eigenvalue weighted by Crippen LogP contribution is -2.02. The first-order valence-corrected chi connectivity index (χ1v) is 3.24. The van der Waals surface area contributed by atoms with E-state index in [4.69, 9.17) is 4.89 Å². The molecular weight excluding hydrogens is 119 g/mol. The standard InChI is InChI=1S/C2H7O4P/c1-2-6-7(3,4)5/h2H2,1H3,(H2,3,4,5)/p-1. The lowest BCUT2D eigenvalue weighted by atomic mass is 10.9. The van der Waals surface area contributed by atoms with E-state index in [1.807, 2.05) is 0 Å². The van der Waals surface area contributed by atoms with E-state index in [-0.39, 0.29) is 6.61 Å². The third kappa shape index (κ3) is 6.11. The summed E-state index contributed by atoms with van der Waals surface area (Å²) in [6.45, 7) is 1.46. The number of hydrogen-bond acceptors (Lipinski definition) is 3. The van der Waals surface area contributed by atoms with Crippen LogP contribution in [0.25, 0.3) is 0 Å². The van der Waals surface area contributed by atoms with Crippen molar-refractivity contribution in [2.24, 2.45) is 0 Å². The highest BCUT2D eigenvalue weighted by molar-refractivity contribution is 7.44. The summed E-state index contributed by atoms with van der Waals surface area (Å²) in [4.78, 5) is 17.4. The summed E-state index contributed by atoms with van der Waals surface area (Å²) < 4.78 is 13.4. The highest BCUT2D eigenvalue weighted by atomic mass is 31.2. The first-order chi connectivity index (χ1) is 3.06. The molecule has 4 nitrogen and oxygen atoms in total. The van der Waals surface area contributed by atoms with Crippen molar-refractivity contribution in [2.75, 3.05) is 6.61 Å². The Hall–Kier alpha value is 0.110. The van der Waals surface area contributed by atoms with Crippen LogP contribution in [0.15, 0.2) is 0 Å². The Bertz CT molecular complexity index is 83.7. The third-order valence-electron chi connectivity index (χ3n) is 0.292. The fourth-order valence-corrected chi connectivity index (χ4v) is 0.489. The maximum atomic E-state index is 9.59. The molecule has 0 aliphatic carbocycles. The normalized spacial score (nSPS) is 18.7. The minimum absolute atomic E-state index is 0.0166. The third-order valence-corrected chi connectivity index (χ3v) is 0.877. The molecule has 0 aromatic carbocycles. The van der Waals surface area contributed by atoms with E-state index >= 15 is 0 Å². The van der Waals surface area contributed by atoms with Gasteiger partial charge >= 0.3 is 0 Å². The lowest BCUT2D eigenvalue weighted by Gasteiger charge is -2.12. The van der Waals surface area contributed by atoms with E-state index < -0.39 is 7.82 Å². The van der Waals surface area contributed by atoms with Crippen molar-refractivity contribution in [1.29, 1.82) is 0 Å². The van der Waals surface area contributed by atoms with E-state index in [1.165, 1.54) is 6.92 Å². The molecule has 0 radical (unpaired) electrons. The van der Waals surface area contributed by atoms with Crippen LogP contribution in [0.2, 0.25) is 0 Å². The minimum Gasteiger partial charge on any atom is -0.756 e. The van der Waals surface area contributed by atoms with Gasteiger partial charge in [0.05, 0.1) is 6.61 Å². The number of phosphoric acid groups is 1. The summed E-state index contributed by atoms with van der Waals surface area (Å²) >= 11 is 0. The highest BCUT2D eigenvalue weighted by Gasteiger charge is 1.95. The molecule has 7 heavy (non-hydrogen) atoms. The van der Waals surface area contributed by atoms with Gasteiger partial charge in [0.15, 0.2) is 0 Å². The monoisotopic (exact) mass is 125 g/mol. The zero-order chi connectivity index (χ0) is 5.91. The molecule has 0 aromatic rings. The second-order valence-electron chi connectivity index (χ2n) is 0.886. The Kier molecular flexibility index (Phi) is 2.46. The van der Waals surface area contributed by atoms with Gasteiger partial charge < -0.3 is 14.3 Å². The van der Waals surface area contributed by atoms with Gasteiger partial charge in [-0.1, -0.05) is 0 Å². The molecule has 0 aliphatic rings. The van der Waals surface area contributed by atoms with Gasteiger partial charge in [-0.15, -0.1) is 0 Å². The van der Waals surface area contributed by atoms with Crippen LogP contribution in [0.3, 0.4) is 0 Å². The van der Waals surface area contributed by atoms with E-state index in [0.717, 1.165) is 0 Å². The molecule has 0 spiro atoms. The molecule has 44 valence electrons. The van der Waals surface area contributed by atoms with Crippen LogP contribution in [0.1, 0.15) is 6.92 Å². The van der Waals surface area contributed by atoms with Crippen molar-refractivity contribution in [3.63, 3.8) is 0 Å². The van der Waals surface area contributed by atoms with Crippen molar-refractivity contribution in [2.45, 2.75) is 6.92 Å². The summed E-state index contributed by atoms with van der Waals surface area (Å²) in [5.41, 5.74) is 0. The van der Waals surface area contributed by atoms with Gasteiger partial charge in [0, 0.05) is 0 Å². The Labute approximate surface area is 41.4 Å². The number of hydrogen-bond donors (Lipinski definition) is 1. The quantitative estimate of drug-likeness (QED) is 0.504. The molecule has 0 saturated carbocycles. The van der Waals surface area contributed by atoms with Gasteiger partial charge in [0.1, 0.15) is 0 Å². The molecule has 0 heterocycles. The second kappa shape index (κ2) is 2.43. The molecule has 0 rings (SSSR count). The first-order valence-electron chi connectivity index (χ1n) is 1.74. The highest BCUT2D eigenvalue weighted by Crippen LogP contribution is 2.29. The van der Waals surface area contributed by atoms with Crippen LogP contribution in [0.5, 0.6) is 0 Å². The van der Waals surface area contributed by atoms with Crippen molar-refractivity contribution >= 4 is 7.82 Å². The molecule has 0 aromatic heterocycles. The van der Waals surface area contributed by atoms with E-state index in [0.29, 0.717) is 0 Å². The minimum atomic E-state index is -4.42. The molecule has 0 saturated heterocycles. The molecule has 0 aliphatic heterocycles. The number of phosphoric ester groups is 1. The Morgan fingerprint density at radius 3 is 2.43 bits per heavy atom. The van der Waals surface area contributed by atoms with E-state index in [2.05, 4.69) is 4.52 Å². The summed E-state index contributed by atoms with van der Waals surface area (Å²) in [7, 11) is -4.42. The zero-order valence-corrected chi connectivity index (χ0v) is 4.72. The molecule has 0 bridgehead atoms. The van der Waals surface area contributed by atoms with Crippen molar-refractivity contribution in [3.05, 3.63) is 0 Å². The summed E-state index contributed by atoms with van der Waals surface area (Å²) in [6.07, 6.45) is 0. The van der Waals surface area contributed by atoms with E-state index in [1.54, 1.807) is 0 Å². The summed E-state index contributed by atoms with van der Waals surface area (Å²) in [5, 5.41) is 0. The van der Waals surface area contributed by atoms with Crippen molar-refractivity contribution in [3.8, 4) is 0 Å². The Balaban J connectivity index is 3.36. The van der Waals surface area contributed by atoms with Crippen LogP contribution in [0, 0.1) is 0 Å². The van der Waals surface area contributed by atoms with Gasteiger partial charge in [-0.2, -0.15) is 0 Å². The fourth-order valence-electron chi connectivity index (χ4n) is 0.163. The van der Waals surface area contributed by atoms with Gasteiger partial charge in [-0.3, -0.25) is 4.57 Å². The van der Waals surface area contributed by atoms with Crippen molar-refractivity contribution < 1.29 is 18.9 Å².